The van der Waals surface area contributed by atoms with E-state index in [4.69, 9.17) is 5.73 Å². The molecule has 0 bridgehead atoms. The van der Waals surface area contributed by atoms with Crippen molar-refractivity contribution >= 4 is 0 Å². The Morgan fingerprint density at radius 1 is 1.53 bits per heavy atom. The molecule has 1 heterocycles. The van der Waals surface area contributed by atoms with Crippen molar-refractivity contribution in [2.75, 3.05) is 0 Å². The molecule has 2 unspecified atom stereocenters. The molecule has 0 aromatic carbocycles. The second-order valence-corrected chi connectivity index (χ2v) is 4.42. The van der Waals surface area contributed by atoms with Crippen LogP contribution in [0.1, 0.15) is 31.5 Å². The zero-order chi connectivity index (χ0) is 10.8. The fraction of sp³-hybridized carbons (Fsp3) is 0.800. The maximum absolute atomic E-state index is 11.2. The van der Waals surface area contributed by atoms with Gasteiger partial charge in [-0.1, -0.05) is 12.8 Å². The van der Waals surface area contributed by atoms with Gasteiger partial charge in [-0.25, -0.2) is 9.89 Å². The first-order chi connectivity index (χ1) is 7.18. The number of nitrogens with zero attached hydrogens (tertiary/aromatic N) is 2. The van der Waals surface area contributed by atoms with Crippen molar-refractivity contribution < 1.29 is 0 Å². The molecule has 1 aromatic heterocycles. The second-order valence-electron chi connectivity index (χ2n) is 4.42. The molecule has 0 spiro atoms. The molecule has 2 atom stereocenters. The van der Waals surface area contributed by atoms with Gasteiger partial charge in [0.25, 0.3) is 0 Å². The third-order valence-electron chi connectivity index (χ3n) is 3.39. The number of nitrogens with one attached hydrogen (secondary N) is 1. The minimum atomic E-state index is -0.144. The average molecular weight is 210 g/mol. The van der Waals surface area contributed by atoms with Crippen molar-refractivity contribution in [1.29, 1.82) is 0 Å². The topological polar surface area (TPSA) is 76.7 Å². The van der Waals surface area contributed by atoms with Crippen molar-refractivity contribution in [2.45, 2.75) is 38.1 Å². The first-order valence-corrected chi connectivity index (χ1v) is 5.54. The molecule has 84 valence electrons. The van der Waals surface area contributed by atoms with Crippen molar-refractivity contribution in [3.8, 4) is 0 Å². The highest BCUT2D eigenvalue weighted by Crippen LogP contribution is 2.25. The van der Waals surface area contributed by atoms with Crippen LogP contribution < -0.4 is 11.4 Å². The molecule has 1 aliphatic carbocycles. The monoisotopic (exact) mass is 210 g/mol. The smallest absolute Gasteiger partial charge is 0.327 e. The summed E-state index contributed by atoms with van der Waals surface area (Å²) in [4.78, 5) is 11.2. The van der Waals surface area contributed by atoms with Crippen LogP contribution in [0.25, 0.3) is 0 Å². The van der Waals surface area contributed by atoms with Crippen molar-refractivity contribution in [1.82, 2.24) is 14.8 Å². The Balaban J connectivity index is 2.07. The van der Waals surface area contributed by atoms with E-state index < -0.39 is 0 Å². The summed E-state index contributed by atoms with van der Waals surface area (Å²) in [5, 5.41) is 6.47. The van der Waals surface area contributed by atoms with Crippen molar-refractivity contribution in [3.05, 3.63) is 16.3 Å². The van der Waals surface area contributed by atoms with Crippen molar-refractivity contribution in [3.63, 3.8) is 0 Å². The maximum atomic E-state index is 11.2. The lowest BCUT2D eigenvalue weighted by molar-refractivity contribution is 0.300. The fourth-order valence-corrected chi connectivity index (χ4v) is 2.29. The largest absolute Gasteiger partial charge is 0.343 e. The molecule has 0 saturated heterocycles. The van der Waals surface area contributed by atoms with Gasteiger partial charge in [0.2, 0.25) is 0 Å². The maximum Gasteiger partial charge on any atom is 0.343 e. The minimum absolute atomic E-state index is 0.144. The Hall–Kier alpha value is -1.10. The van der Waals surface area contributed by atoms with Gasteiger partial charge in [-0.2, -0.15) is 5.10 Å². The predicted molar refractivity (Wildman–Crippen MR) is 57.5 cm³/mol. The molecule has 0 radical (unpaired) electrons. The van der Waals surface area contributed by atoms with E-state index in [-0.39, 0.29) is 11.7 Å². The highest BCUT2D eigenvalue weighted by Gasteiger charge is 2.23. The van der Waals surface area contributed by atoms with E-state index in [9.17, 15) is 4.79 Å². The van der Waals surface area contributed by atoms with Crippen LogP contribution in [0.3, 0.4) is 0 Å². The van der Waals surface area contributed by atoms with Gasteiger partial charge in [-0.05, 0) is 18.8 Å². The van der Waals surface area contributed by atoms with Gasteiger partial charge in [-0.3, -0.25) is 4.57 Å². The third-order valence-corrected chi connectivity index (χ3v) is 3.39. The Bertz CT molecular complexity index is 381. The molecular formula is C10H18N4O. The lowest BCUT2D eigenvalue weighted by Crippen LogP contribution is -2.35. The molecule has 5 heteroatoms. The highest BCUT2D eigenvalue weighted by molar-refractivity contribution is 4.91. The molecule has 1 saturated carbocycles. The van der Waals surface area contributed by atoms with Gasteiger partial charge in [0.05, 0.1) is 0 Å². The van der Waals surface area contributed by atoms with Gasteiger partial charge in [0, 0.05) is 19.5 Å². The zero-order valence-corrected chi connectivity index (χ0v) is 9.07. The number of rotatable bonds is 2. The number of H-pyrrole nitrogens is 1. The van der Waals surface area contributed by atoms with Crippen LogP contribution in [0.5, 0.6) is 0 Å². The van der Waals surface area contributed by atoms with Crippen LogP contribution in [0.4, 0.5) is 0 Å². The lowest BCUT2D eigenvalue weighted by atomic mass is 9.83. The molecule has 0 amide bonds. The number of aromatic nitrogens is 3. The zero-order valence-electron chi connectivity index (χ0n) is 9.07. The minimum Gasteiger partial charge on any atom is -0.327 e. The summed E-state index contributed by atoms with van der Waals surface area (Å²) >= 11 is 0. The quantitative estimate of drug-likeness (QED) is 0.730. The standard InChI is InChI=1S/C10H18N4O/c1-14-9(12-13-10(14)15)6-7-4-2-3-5-8(7)11/h7-8H,2-6,11H2,1H3,(H,13,15). The molecular weight excluding hydrogens is 192 g/mol. The van der Waals surface area contributed by atoms with Crippen LogP contribution in [-0.4, -0.2) is 20.8 Å². The molecule has 3 N–H and O–H groups in total. The third kappa shape index (κ3) is 2.12. The van der Waals surface area contributed by atoms with E-state index in [0.717, 1.165) is 25.1 Å². The number of hydrogen-bond acceptors (Lipinski definition) is 3. The van der Waals surface area contributed by atoms with Crippen molar-refractivity contribution in [2.24, 2.45) is 18.7 Å². The van der Waals surface area contributed by atoms with E-state index in [1.165, 1.54) is 12.8 Å². The molecule has 1 aliphatic rings. The summed E-state index contributed by atoms with van der Waals surface area (Å²) in [6.07, 6.45) is 5.55. The molecule has 5 nitrogen and oxygen atoms in total. The summed E-state index contributed by atoms with van der Waals surface area (Å²) in [5.74, 6) is 1.30. The Kier molecular flexibility index (Phi) is 2.90. The summed E-state index contributed by atoms with van der Waals surface area (Å²) < 4.78 is 1.57. The predicted octanol–water partition coefficient (Wildman–Crippen LogP) is 0.168. The first kappa shape index (κ1) is 10.4. The molecule has 1 aromatic rings. The number of nitrogens with two attached hydrogens (primary N) is 1. The van der Waals surface area contributed by atoms with Crippen LogP contribution >= 0.6 is 0 Å². The van der Waals surface area contributed by atoms with E-state index in [1.54, 1.807) is 11.6 Å². The van der Waals surface area contributed by atoms with Crippen LogP contribution in [0.2, 0.25) is 0 Å². The second kappa shape index (κ2) is 4.18. The van der Waals surface area contributed by atoms with Gasteiger partial charge in [-0.15, -0.1) is 0 Å². The number of hydrogen-bond donors (Lipinski definition) is 2. The van der Waals surface area contributed by atoms with E-state index >= 15 is 0 Å². The Morgan fingerprint density at radius 3 is 2.87 bits per heavy atom. The van der Waals surface area contributed by atoms with E-state index in [0.29, 0.717) is 5.92 Å². The van der Waals surface area contributed by atoms with Gasteiger partial charge in [0.1, 0.15) is 5.82 Å². The van der Waals surface area contributed by atoms with Crippen LogP contribution in [0.15, 0.2) is 4.79 Å². The Labute approximate surface area is 88.7 Å². The highest BCUT2D eigenvalue weighted by atomic mass is 16.1. The average Bonchev–Trinajstić information content (AvgIpc) is 2.53. The molecule has 0 aliphatic heterocycles. The normalized spacial score (nSPS) is 26.8. The van der Waals surface area contributed by atoms with Gasteiger partial charge >= 0.3 is 5.69 Å². The summed E-state index contributed by atoms with van der Waals surface area (Å²) in [5.41, 5.74) is 5.91. The van der Waals surface area contributed by atoms with Gasteiger partial charge < -0.3 is 5.73 Å². The first-order valence-electron chi connectivity index (χ1n) is 5.54. The Morgan fingerprint density at radius 2 is 2.27 bits per heavy atom. The van der Waals surface area contributed by atoms with E-state index in [2.05, 4.69) is 10.2 Å². The molecule has 15 heavy (non-hydrogen) atoms. The van der Waals surface area contributed by atoms with E-state index in [1.807, 2.05) is 0 Å². The SMILES string of the molecule is Cn1c(CC2CCCCC2N)n[nH]c1=O. The fourth-order valence-electron chi connectivity index (χ4n) is 2.29. The van der Waals surface area contributed by atoms with Crippen LogP contribution in [-0.2, 0) is 13.5 Å². The number of aromatic amines is 1. The lowest BCUT2D eigenvalue weighted by Gasteiger charge is -2.27. The summed E-state index contributed by atoms with van der Waals surface area (Å²) in [6, 6.07) is 0.269. The van der Waals surface area contributed by atoms with Gasteiger partial charge in [0.15, 0.2) is 0 Å². The summed E-state index contributed by atoms with van der Waals surface area (Å²) in [7, 11) is 1.75. The molecule has 2 rings (SSSR count). The summed E-state index contributed by atoms with van der Waals surface area (Å²) in [6.45, 7) is 0. The van der Waals surface area contributed by atoms with Crippen LogP contribution in [0, 0.1) is 5.92 Å². The molecule has 1 fully saturated rings.